The maximum Gasteiger partial charge on any atom is 0.323 e. The van der Waals surface area contributed by atoms with E-state index in [9.17, 15) is 13.2 Å². The average Bonchev–Trinajstić information content (AvgIpc) is 2.14. The molecule has 5 nitrogen and oxygen atoms in total. The molecular weight excluding hydrogens is 256 g/mol. The molecule has 18 heavy (non-hydrogen) atoms. The lowest BCUT2D eigenvalue weighted by atomic mass is 9.98. The van der Waals surface area contributed by atoms with Gasteiger partial charge in [-0.15, -0.1) is 0 Å². The molecule has 0 aromatic rings. The van der Waals surface area contributed by atoms with E-state index in [-0.39, 0.29) is 12.5 Å². The molecular formula is C12H24O5S. The van der Waals surface area contributed by atoms with Gasteiger partial charge in [-0.1, -0.05) is 27.7 Å². The first-order valence-corrected chi connectivity index (χ1v) is 7.82. The molecule has 1 atom stereocenters. The summed E-state index contributed by atoms with van der Waals surface area (Å²) < 4.78 is 33.1. The number of rotatable bonds is 8. The van der Waals surface area contributed by atoms with Crippen molar-refractivity contribution in [2.24, 2.45) is 11.8 Å². The Balaban J connectivity index is 4.56. The van der Waals surface area contributed by atoms with Gasteiger partial charge in [0.25, 0.3) is 10.1 Å². The van der Waals surface area contributed by atoms with Crippen molar-refractivity contribution < 1.29 is 22.1 Å². The van der Waals surface area contributed by atoms with Gasteiger partial charge in [-0.05, 0) is 25.2 Å². The lowest BCUT2D eigenvalue weighted by Gasteiger charge is -2.22. The molecule has 0 radical (unpaired) electrons. The molecule has 0 aromatic carbocycles. The molecule has 0 aliphatic carbocycles. The third-order valence-corrected chi connectivity index (χ3v) is 3.45. The van der Waals surface area contributed by atoms with E-state index < -0.39 is 27.9 Å². The third-order valence-electron chi connectivity index (χ3n) is 2.32. The second kappa shape index (κ2) is 7.74. The molecule has 0 saturated carbocycles. The Morgan fingerprint density at radius 3 is 2.11 bits per heavy atom. The van der Waals surface area contributed by atoms with Crippen LogP contribution in [0.4, 0.5) is 0 Å². The van der Waals surface area contributed by atoms with Gasteiger partial charge >= 0.3 is 5.97 Å². The standard InChI is InChI=1S/C12H24O5S/c1-6-16-12(13)8-18(14,15)17-11(10(4)5)7-9(2)3/h9-11H,6-8H2,1-5H3. The quantitative estimate of drug-likeness (QED) is 0.502. The molecule has 0 spiro atoms. The predicted molar refractivity (Wildman–Crippen MR) is 69.6 cm³/mol. The van der Waals surface area contributed by atoms with Crippen molar-refractivity contribution in [2.45, 2.75) is 47.1 Å². The third kappa shape index (κ3) is 7.66. The summed E-state index contributed by atoms with van der Waals surface area (Å²) in [6.07, 6.45) is 0.240. The number of carbonyl (C=O) groups is 1. The van der Waals surface area contributed by atoms with Crippen LogP contribution in [0.15, 0.2) is 0 Å². The van der Waals surface area contributed by atoms with E-state index in [1.54, 1.807) is 6.92 Å². The number of hydrogen-bond donors (Lipinski definition) is 0. The van der Waals surface area contributed by atoms with Gasteiger partial charge in [-0.25, -0.2) is 0 Å². The lowest BCUT2D eigenvalue weighted by molar-refractivity contribution is -0.140. The highest BCUT2D eigenvalue weighted by Crippen LogP contribution is 2.18. The van der Waals surface area contributed by atoms with Gasteiger partial charge in [0, 0.05) is 0 Å². The lowest BCUT2D eigenvalue weighted by Crippen LogP contribution is -2.29. The van der Waals surface area contributed by atoms with Crippen LogP contribution in [0.25, 0.3) is 0 Å². The van der Waals surface area contributed by atoms with Crippen molar-refractivity contribution in [3.8, 4) is 0 Å². The van der Waals surface area contributed by atoms with E-state index in [4.69, 9.17) is 4.18 Å². The Kier molecular flexibility index (Phi) is 7.47. The Morgan fingerprint density at radius 2 is 1.72 bits per heavy atom. The first kappa shape index (κ1) is 17.4. The zero-order valence-corrected chi connectivity index (χ0v) is 12.6. The molecule has 0 fully saturated rings. The number of hydrogen-bond acceptors (Lipinski definition) is 5. The molecule has 1 unspecified atom stereocenters. The highest BCUT2D eigenvalue weighted by atomic mass is 32.2. The Hall–Kier alpha value is -0.620. The number of carbonyl (C=O) groups excluding carboxylic acids is 1. The molecule has 0 heterocycles. The summed E-state index contributed by atoms with van der Waals surface area (Å²) in [5.74, 6) is -1.09. The van der Waals surface area contributed by atoms with Crippen LogP contribution in [0.2, 0.25) is 0 Å². The van der Waals surface area contributed by atoms with Crippen LogP contribution in [-0.2, 0) is 23.8 Å². The fourth-order valence-corrected chi connectivity index (χ4v) is 2.57. The van der Waals surface area contributed by atoms with Crippen LogP contribution in [0.5, 0.6) is 0 Å². The Bertz CT molecular complexity index is 345. The summed E-state index contributed by atoms with van der Waals surface area (Å²) in [6, 6.07) is 0. The average molecular weight is 280 g/mol. The smallest absolute Gasteiger partial charge is 0.323 e. The summed E-state index contributed by atoms with van der Waals surface area (Å²) in [4.78, 5) is 11.2. The minimum atomic E-state index is -3.87. The molecule has 0 aliphatic rings. The number of esters is 1. The highest BCUT2D eigenvalue weighted by molar-refractivity contribution is 7.87. The van der Waals surface area contributed by atoms with Crippen LogP contribution in [0, 0.1) is 11.8 Å². The Morgan fingerprint density at radius 1 is 1.17 bits per heavy atom. The van der Waals surface area contributed by atoms with Crippen LogP contribution in [0.3, 0.4) is 0 Å². The van der Waals surface area contributed by atoms with Gasteiger partial charge in [0.15, 0.2) is 5.75 Å². The van der Waals surface area contributed by atoms with Gasteiger partial charge < -0.3 is 4.74 Å². The highest BCUT2D eigenvalue weighted by Gasteiger charge is 2.26. The molecule has 6 heteroatoms. The van der Waals surface area contributed by atoms with Crippen molar-refractivity contribution in [3.63, 3.8) is 0 Å². The molecule has 0 N–H and O–H groups in total. The second-order valence-corrected chi connectivity index (χ2v) is 6.61. The molecule has 0 aliphatic heterocycles. The topological polar surface area (TPSA) is 69.7 Å². The molecule has 0 bridgehead atoms. The fraction of sp³-hybridized carbons (Fsp3) is 0.917. The first-order valence-electron chi connectivity index (χ1n) is 6.24. The van der Waals surface area contributed by atoms with Crippen molar-refractivity contribution in [1.82, 2.24) is 0 Å². The zero-order chi connectivity index (χ0) is 14.3. The maximum absolute atomic E-state index is 11.7. The van der Waals surface area contributed by atoms with E-state index in [1.165, 1.54) is 0 Å². The largest absolute Gasteiger partial charge is 0.465 e. The summed E-state index contributed by atoms with van der Waals surface area (Å²) in [6.45, 7) is 9.57. The van der Waals surface area contributed by atoms with Gasteiger partial charge in [0.2, 0.25) is 0 Å². The second-order valence-electron chi connectivity index (χ2n) is 5.02. The minimum absolute atomic E-state index is 0.0735. The van der Waals surface area contributed by atoms with E-state index in [0.29, 0.717) is 12.3 Å². The van der Waals surface area contributed by atoms with E-state index >= 15 is 0 Å². The van der Waals surface area contributed by atoms with Gasteiger partial charge in [0.05, 0.1) is 12.7 Å². The zero-order valence-electron chi connectivity index (χ0n) is 11.8. The van der Waals surface area contributed by atoms with Crippen LogP contribution < -0.4 is 0 Å². The van der Waals surface area contributed by atoms with Gasteiger partial charge in [-0.2, -0.15) is 8.42 Å². The molecule has 0 aromatic heterocycles. The van der Waals surface area contributed by atoms with E-state index in [2.05, 4.69) is 4.74 Å². The van der Waals surface area contributed by atoms with Crippen molar-refractivity contribution >= 4 is 16.1 Å². The summed E-state index contributed by atoms with van der Waals surface area (Å²) in [7, 11) is -3.87. The first-order chi connectivity index (χ1) is 8.18. The summed E-state index contributed by atoms with van der Waals surface area (Å²) >= 11 is 0. The van der Waals surface area contributed by atoms with Crippen LogP contribution >= 0.6 is 0 Å². The van der Waals surface area contributed by atoms with Gasteiger partial charge in [-0.3, -0.25) is 8.98 Å². The van der Waals surface area contributed by atoms with Crippen molar-refractivity contribution in [2.75, 3.05) is 12.4 Å². The summed E-state index contributed by atoms with van der Waals surface area (Å²) in [5, 5.41) is 0. The molecule has 0 amide bonds. The minimum Gasteiger partial charge on any atom is -0.465 e. The summed E-state index contributed by atoms with van der Waals surface area (Å²) in [5.41, 5.74) is 0. The SMILES string of the molecule is CCOC(=O)CS(=O)(=O)OC(CC(C)C)C(C)C. The van der Waals surface area contributed by atoms with Gasteiger partial charge in [0.1, 0.15) is 0 Å². The van der Waals surface area contributed by atoms with E-state index in [0.717, 1.165) is 0 Å². The van der Waals surface area contributed by atoms with Crippen molar-refractivity contribution in [1.29, 1.82) is 0 Å². The molecule has 0 saturated heterocycles. The van der Waals surface area contributed by atoms with E-state index in [1.807, 2.05) is 27.7 Å². The Labute approximate surface area is 110 Å². The molecule has 108 valence electrons. The number of ether oxygens (including phenoxy) is 1. The van der Waals surface area contributed by atoms with Crippen molar-refractivity contribution in [3.05, 3.63) is 0 Å². The predicted octanol–water partition coefficient (Wildman–Crippen LogP) is 1.97. The maximum atomic E-state index is 11.7. The molecule has 0 rings (SSSR count). The fourth-order valence-electron chi connectivity index (χ4n) is 1.46. The van der Waals surface area contributed by atoms with Crippen LogP contribution in [0.1, 0.15) is 41.0 Å². The monoisotopic (exact) mass is 280 g/mol. The normalized spacial score (nSPS) is 13.9. The van der Waals surface area contributed by atoms with Crippen LogP contribution in [-0.4, -0.2) is 32.9 Å².